The van der Waals surface area contributed by atoms with Gasteiger partial charge < -0.3 is 5.32 Å². The van der Waals surface area contributed by atoms with Crippen molar-refractivity contribution in [3.8, 4) is 10.4 Å². The lowest BCUT2D eigenvalue weighted by Crippen LogP contribution is -2.30. The van der Waals surface area contributed by atoms with Gasteiger partial charge in [0.15, 0.2) is 0 Å². The van der Waals surface area contributed by atoms with Crippen LogP contribution in [-0.2, 0) is 0 Å². The third-order valence-electron chi connectivity index (χ3n) is 4.22. The van der Waals surface area contributed by atoms with Crippen molar-refractivity contribution >= 4 is 29.0 Å². The molecule has 5 heteroatoms. The molecule has 25 heavy (non-hydrogen) atoms. The molecule has 126 valence electrons. The number of carbonyl (C=O) groups excluding carboxylic acids is 1. The minimum absolute atomic E-state index is 0.0509. The van der Waals surface area contributed by atoms with Crippen LogP contribution in [0.3, 0.4) is 0 Å². The first-order valence-corrected chi connectivity index (χ1v) is 9.89. The van der Waals surface area contributed by atoms with Gasteiger partial charge in [0.1, 0.15) is 5.82 Å². The van der Waals surface area contributed by atoms with Gasteiger partial charge in [-0.05, 0) is 47.9 Å². The fourth-order valence-corrected chi connectivity index (χ4v) is 4.99. The van der Waals surface area contributed by atoms with Crippen LogP contribution in [0.15, 0.2) is 65.6 Å². The topological polar surface area (TPSA) is 29.1 Å². The van der Waals surface area contributed by atoms with E-state index in [9.17, 15) is 9.18 Å². The summed E-state index contributed by atoms with van der Waals surface area (Å²) >= 11 is 3.27. The second kappa shape index (κ2) is 7.02. The molecule has 1 N–H and O–H groups in total. The number of hydrogen-bond donors (Lipinski definition) is 1. The summed E-state index contributed by atoms with van der Waals surface area (Å²) in [6.07, 6.45) is 0.934. The van der Waals surface area contributed by atoms with E-state index >= 15 is 0 Å². The van der Waals surface area contributed by atoms with Crippen LogP contribution in [0.1, 0.15) is 27.7 Å². The fourth-order valence-electron chi connectivity index (χ4n) is 2.95. The molecule has 2 heterocycles. The standard InChI is InChI=1S/C20H16FNOS2/c21-14-7-5-13(6-8-14)17-9-10-19(25-17)20(23)22-16-11-12-24-18-4-2-1-3-15(16)18/h1-10,16H,11-12H2,(H,22,23). The molecule has 1 aliphatic heterocycles. The Morgan fingerprint density at radius 2 is 1.84 bits per heavy atom. The highest BCUT2D eigenvalue weighted by atomic mass is 32.2. The monoisotopic (exact) mass is 369 g/mol. The SMILES string of the molecule is O=C(NC1CCSc2ccccc21)c1ccc(-c2ccc(F)cc2)s1. The van der Waals surface area contributed by atoms with E-state index in [1.807, 2.05) is 36.0 Å². The first kappa shape index (κ1) is 16.4. The lowest BCUT2D eigenvalue weighted by molar-refractivity contribution is 0.0939. The summed E-state index contributed by atoms with van der Waals surface area (Å²) in [5, 5.41) is 3.16. The molecule has 0 spiro atoms. The highest BCUT2D eigenvalue weighted by molar-refractivity contribution is 7.99. The van der Waals surface area contributed by atoms with Gasteiger partial charge in [0, 0.05) is 15.5 Å². The summed E-state index contributed by atoms with van der Waals surface area (Å²) in [6.45, 7) is 0. The molecule has 1 atom stereocenters. The first-order valence-electron chi connectivity index (χ1n) is 8.09. The summed E-state index contributed by atoms with van der Waals surface area (Å²) in [5.41, 5.74) is 2.12. The molecular weight excluding hydrogens is 353 g/mol. The van der Waals surface area contributed by atoms with Gasteiger partial charge >= 0.3 is 0 Å². The van der Waals surface area contributed by atoms with Crippen LogP contribution in [0.4, 0.5) is 4.39 Å². The van der Waals surface area contributed by atoms with E-state index in [2.05, 4.69) is 17.4 Å². The Kier molecular flexibility index (Phi) is 4.59. The number of nitrogens with one attached hydrogen (secondary N) is 1. The molecule has 1 amide bonds. The van der Waals surface area contributed by atoms with E-state index in [4.69, 9.17) is 0 Å². The van der Waals surface area contributed by atoms with Crippen LogP contribution in [0.2, 0.25) is 0 Å². The molecule has 0 bridgehead atoms. The van der Waals surface area contributed by atoms with Crippen LogP contribution in [-0.4, -0.2) is 11.7 Å². The zero-order valence-electron chi connectivity index (χ0n) is 13.4. The number of carbonyl (C=O) groups is 1. The van der Waals surface area contributed by atoms with E-state index in [0.29, 0.717) is 4.88 Å². The summed E-state index contributed by atoms with van der Waals surface area (Å²) < 4.78 is 13.1. The van der Waals surface area contributed by atoms with Gasteiger partial charge in [-0.15, -0.1) is 23.1 Å². The highest BCUT2D eigenvalue weighted by Gasteiger charge is 2.23. The second-order valence-corrected chi connectivity index (χ2v) is 8.09. The molecule has 2 nitrogen and oxygen atoms in total. The van der Waals surface area contributed by atoms with Crippen LogP contribution in [0.25, 0.3) is 10.4 Å². The predicted molar refractivity (Wildman–Crippen MR) is 102 cm³/mol. The number of halogens is 1. The molecule has 1 unspecified atom stereocenters. The zero-order chi connectivity index (χ0) is 17.2. The Bertz CT molecular complexity index is 904. The quantitative estimate of drug-likeness (QED) is 0.658. The van der Waals surface area contributed by atoms with Crippen molar-refractivity contribution in [2.75, 3.05) is 5.75 Å². The average Bonchev–Trinajstić information content (AvgIpc) is 3.13. The van der Waals surface area contributed by atoms with E-state index in [0.717, 1.165) is 22.6 Å². The van der Waals surface area contributed by atoms with Crippen molar-refractivity contribution in [2.45, 2.75) is 17.4 Å². The van der Waals surface area contributed by atoms with Crippen molar-refractivity contribution in [1.82, 2.24) is 5.32 Å². The van der Waals surface area contributed by atoms with Gasteiger partial charge in [0.25, 0.3) is 5.91 Å². The summed E-state index contributed by atoms with van der Waals surface area (Å²) in [5.74, 6) is 0.699. The fraction of sp³-hybridized carbons (Fsp3) is 0.150. The zero-order valence-corrected chi connectivity index (χ0v) is 15.0. The largest absolute Gasteiger partial charge is 0.344 e. The minimum atomic E-state index is -0.257. The van der Waals surface area contributed by atoms with E-state index in [-0.39, 0.29) is 17.8 Å². The number of rotatable bonds is 3. The third-order valence-corrected chi connectivity index (χ3v) is 6.48. The van der Waals surface area contributed by atoms with Crippen molar-refractivity contribution in [2.24, 2.45) is 0 Å². The molecule has 4 rings (SSSR count). The summed E-state index contributed by atoms with van der Waals surface area (Å²) in [6, 6.07) is 18.4. The maximum atomic E-state index is 13.1. The minimum Gasteiger partial charge on any atom is -0.344 e. The van der Waals surface area contributed by atoms with Gasteiger partial charge in [0.05, 0.1) is 10.9 Å². The molecule has 0 saturated carbocycles. The van der Waals surface area contributed by atoms with Gasteiger partial charge in [0.2, 0.25) is 0 Å². The number of benzene rings is 2. The average molecular weight is 369 g/mol. The number of amides is 1. The van der Waals surface area contributed by atoms with Crippen LogP contribution in [0, 0.1) is 5.82 Å². The second-order valence-electron chi connectivity index (χ2n) is 5.87. The van der Waals surface area contributed by atoms with Gasteiger partial charge in [-0.1, -0.05) is 30.3 Å². The number of fused-ring (bicyclic) bond motifs is 1. The number of thiophene rings is 1. The lowest BCUT2D eigenvalue weighted by atomic mass is 10.0. The van der Waals surface area contributed by atoms with Crippen LogP contribution in [0.5, 0.6) is 0 Å². The highest BCUT2D eigenvalue weighted by Crippen LogP contribution is 2.36. The number of thioether (sulfide) groups is 1. The van der Waals surface area contributed by atoms with Crippen molar-refractivity contribution in [1.29, 1.82) is 0 Å². The molecule has 0 saturated heterocycles. The maximum Gasteiger partial charge on any atom is 0.261 e. The van der Waals surface area contributed by atoms with Gasteiger partial charge in [-0.3, -0.25) is 4.79 Å². The van der Waals surface area contributed by atoms with E-state index in [1.54, 1.807) is 12.1 Å². The smallest absolute Gasteiger partial charge is 0.261 e. The molecule has 3 aromatic rings. The molecule has 0 radical (unpaired) electrons. The molecule has 2 aromatic carbocycles. The van der Waals surface area contributed by atoms with Gasteiger partial charge in [-0.2, -0.15) is 0 Å². The number of hydrogen-bond acceptors (Lipinski definition) is 3. The van der Waals surface area contributed by atoms with Crippen LogP contribution < -0.4 is 5.32 Å². The van der Waals surface area contributed by atoms with Crippen LogP contribution >= 0.6 is 23.1 Å². The van der Waals surface area contributed by atoms with Crippen molar-refractivity contribution < 1.29 is 9.18 Å². The summed E-state index contributed by atoms with van der Waals surface area (Å²) in [7, 11) is 0. The molecule has 0 fully saturated rings. The Morgan fingerprint density at radius 1 is 1.04 bits per heavy atom. The lowest BCUT2D eigenvalue weighted by Gasteiger charge is -2.25. The van der Waals surface area contributed by atoms with Crippen molar-refractivity contribution in [3.05, 3.63) is 76.9 Å². The predicted octanol–water partition coefficient (Wildman–Crippen LogP) is 5.52. The van der Waals surface area contributed by atoms with E-state index < -0.39 is 0 Å². The molecule has 0 aliphatic carbocycles. The van der Waals surface area contributed by atoms with Gasteiger partial charge in [-0.25, -0.2) is 4.39 Å². The molecule has 1 aromatic heterocycles. The van der Waals surface area contributed by atoms with Crippen molar-refractivity contribution in [3.63, 3.8) is 0 Å². The third kappa shape index (κ3) is 3.48. The molecular formula is C20H16FNOS2. The maximum absolute atomic E-state index is 13.1. The molecule has 1 aliphatic rings. The summed E-state index contributed by atoms with van der Waals surface area (Å²) in [4.78, 5) is 15.5. The Morgan fingerprint density at radius 3 is 2.68 bits per heavy atom. The van der Waals surface area contributed by atoms with E-state index in [1.165, 1.54) is 33.9 Å². The first-order chi connectivity index (χ1) is 12.2. The Balaban J connectivity index is 1.52. The Labute approximate surface area is 154 Å². The Hall–Kier alpha value is -2.11. The normalized spacial score (nSPS) is 16.3.